The summed E-state index contributed by atoms with van der Waals surface area (Å²) in [5.74, 6) is 1.52. The molecule has 1 aromatic heterocycles. The van der Waals surface area contributed by atoms with Gasteiger partial charge >= 0.3 is 0 Å². The van der Waals surface area contributed by atoms with Crippen molar-refractivity contribution >= 4 is 23.6 Å². The van der Waals surface area contributed by atoms with E-state index in [-0.39, 0.29) is 22.5 Å². The van der Waals surface area contributed by atoms with E-state index in [1.165, 1.54) is 5.56 Å². The van der Waals surface area contributed by atoms with Crippen LogP contribution in [0.2, 0.25) is 0 Å². The van der Waals surface area contributed by atoms with Gasteiger partial charge < -0.3 is 9.80 Å². The fraction of sp³-hybridized carbons (Fsp3) is 0.667. The SMILES string of the molecule is CCSC(C)C(=O)N1CCC2(CCC(=O)N(CCc3cccnc3)C2)CC1. The summed E-state index contributed by atoms with van der Waals surface area (Å²) in [5, 5.41) is 0.0490. The van der Waals surface area contributed by atoms with Crippen LogP contribution in [0.15, 0.2) is 24.5 Å². The first kappa shape index (κ1) is 20.2. The van der Waals surface area contributed by atoms with E-state index in [0.717, 1.165) is 57.6 Å². The van der Waals surface area contributed by atoms with Gasteiger partial charge in [0.2, 0.25) is 11.8 Å². The number of carbonyl (C=O) groups excluding carboxylic acids is 2. The summed E-state index contributed by atoms with van der Waals surface area (Å²) >= 11 is 1.72. The Morgan fingerprint density at radius 2 is 2.11 bits per heavy atom. The number of hydrogen-bond acceptors (Lipinski definition) is 4. The topological polar surface area (TPSA) is 53.5 Å². The van der Waals surface area contributed by atoms with Crippen LogP contribution in [0.4, 0.5) is 0 Å². The van der Waals surface area contributed by atoms with Gasteiger partial charge in [-0.05, 0) is 55.4 Å². The Hall–Kier alpha value is -1.56. The molecule has 2 amide bonds. The first-order valence-electron chi connectivity index (χ1n) is 10.1. The Morgan fingerprint density at radius 1 is 1.33 bits per heavy atom. The average Bonchev–Trinajstić information content (AvgIpc) is 2.70. The second-order valence-electron chi connectivity index (χ2n) is 7.85. The van der Waals surface area contributed by atoms with Crippen molar-refractivity contribution in [1.29, 1.82) is 0 Å². The van der Waals surface area contributed by atoms with Gasteiger partial charge in [0.1, 0.15) is 0 Å². The lowest BCUT2D eigenvalue weighted by molar-refractivity contribution is -0.142. The average molecular weight is 390 g/mol. The number of pyridine rings is 1. The van der Waals surface area contributed by atoms with Gasteiger partial charge in [-0.1, -0.05) is 13.0 Å². The third-order valence-electron chi connectivity index (χ3n) is 6.04. The maximum atomic E-state index is 12.6. The van der Waals surface area contributed by atoms with Crippen molar-refractivity contribution in [2.75, 3.05) is 31.9 Å². The normalized spacial score (nSPS) is 20.7. The second kappa shape index (κ2) is 9.09. The first-order valence-corrected chi connectivity index (χ1v) is 11.1. The summed E-state index contributed by atoms with van der Waals surface area (Å²) in [6.07, 6.45) is 8.15. The molecule has 2 aliphatic heterocycles. The highest BCUT2D eigenvalue weighted by atomic mass is 32.2. The maximum Gasteiger partial charge on any atom is 0.235 e. The largest absolute Gasteiger partial charge is 0.342 e. The van der Waals surface area contributed by atoms with Crippen LogP contribution in [0.1, 0.15) is 45.1 Å². The zero-order valence-corrected chi connectivity index (χ0v) is 17.3. The minimum Gasteiger partial charge on any atom is -0.342 e. The van der Waals surface area contributed by atoms with Crippen molar-refractivity contribution in [3.63, 3.8) is 0 Å². The van der Waals surface area contributed by atoms with Crippen LogP contribution in [0.3, 0.4) is 0 Å². The molecule has 0 radical (unpaired) electrons. The lowest BCUT2D eigenvalue weighted by Crippen LogP contribution is -2.53. The molecule has 3 rings (SSSR count). The van der Waals surface area contributed by atoms with E-state index in [9.17, 15) is 9.59 Å². The zero-order chi connectivity index (χ0) is 19.3. The van der Waals surface area contributed by atoms with E-state index in [4.69, 9.17) is 0 Å². The molecular weight excluding hydrogens is 358 g/mol. The van der Waals surface area contributed by atoms with E-state index in [1.807, 2.05) is 29.0 Å². The van der Waals surface area contributed by atoms with E-state index in [0.29, 0.717) is 6.42 Å². The standard InChI is InChI=1S/C21H31N3O2S/c1-3-27-17(2)20(26)23-13-9-21(10-14-23)8-6-19(25)24(16-21)12-7-18-5-4-11-22-15-18/h4-5,11,15,17H,3,6-10,12-14,16H2,1-2H3. The first-order chi connectivity index (χ1) is 13.0. The quantitative estimate of drug-likeness (QED) is 0.751. The molecule has 0 aliphatic carbocycles. The van der Waals surface area contributed by atoms with Crippen molar-refractivity contribution in [1.82, 2.24) is 14.8 Å². The number of rotatable bonds is 6. The molecule has 2 aliphatic rings. The van der Waals surface area contributed by atoms with Gasteiger partial charge in [0.15, 0.2) is 0 Å². The Bertz CT molecular complexity index is 644. The molecule has 1 unspecified atom stereocenters. The third-order valence-corrected chi connectivity index (χ3v) is 7.08. The summed E-state index contributed by atoms with van der Waals surface area (Å²) in [7, 11) is 0. The van der Waals surface area contributed by atoms with E-state index in [2.05, 4.69) is 18.0 Å². The minimum atomic E-state index is 0.0490. The van der Waals surface area contributed by atoms with Crippen LogP contribution in [-0.2, 0) is 16.0 Å². The van der Waals surface area contributed by atoms with Gasteiger partial charge in [-0.15, -0.1) is 11.8 Å². The molecular formula is C21H31N3O2S. The second-order valence-corrected chi connectivity index (χ2v) is 9.47. The summed E-state index contributed by atoms with van der Waals surface area (Å²) < 4.78 is 0. The highest BCUT2D eigenvalue weighted by Crippen LogP contribution is 2.40. The van der Waals surface area contributed by atoms with Crippen molar-refractivity contribution in [3.05, 3.63) is 30.1 Å². The summed E-state index contributed by atoms with van der Waals surface area (Å²) in [4.78, 5) is 33.2. The lowest BCUT2D eigenvalue weighted by atomic mass is 9.72. The number of nitrogens with zero attached hydrogens (tertiary/aromatic N) is 3. The number of aromatic nitrogens is 1. The van der Waals surface area contributed by atoms with Gasteiger partial charge in [0.05, 0.1) is 5.25 Å². The molecule has 1 aromatic rings. The number of amides is 2. The maximum absolute atomic E-state index is 12.6. The molecule has 0 N–H and O–H groups in total. The van der Waals surface area contributed by atoms with Crippen LogP contribution >= 0.6 is 11.8 Å². The summed E-state index contributed by atoms with van der Waals surface area (Å²) in [5.41, 5.74) is 1.37. The molecule has 0 bridgehead atoms. The van der Waals surface area contributed by atoms with Crippen LogP contribution in [0.5, 0.6) is 0 Å². The fourth-order valence-corrected chi connectivity index (χ4v) is 5.10. The predicted octanol–water partition coefficient (Wildman–Crippen LogP) is 3.00. The molecule has 5 nitrogen and oxygen atoms in total. The Kier molecular flexibility index (Phi) is 6.79. The molecule has 148 valence electrons. The Morgan fingerprint density at radius 3 is 2.78 bits per heavy atom. The monoisotopic (exact) mass is 389 g/mol. The van der Waals surface area contributed by atoms with Gasteiger partial charge in [0, 0.05) is 45.0 Å². The number of thioether (sulfide) groups is 1. The molecule has 2 fully saturated rings. The molecule has 27 heavy (non-hydrogen) atoms. The fourth-order valence-electron chi connectivity index (χ4n) is 4.30. The van der Waals surface area contributed by atoms with Crippen molar-refractivity contribution in [3.8, 4) is 0 Å². The number of hydrogen-bond donors (Lipinski definition) is 0. The summed E-state index contributed by atoms with van der Waals surface area (Å²) in [6.45, 7) is 7.38. The molecule has 1 spiro atoms. The summed E-state index contributed by atoms with van der Waals surface area (Å²) in [6, 6.07) is 4.01. The minimum absolute atomic E-state index is 0.0490. The predicted molar refractivity (Wildman–Crippen MR) is 110 cm³/mol. The Labute approximate surface area is 166 Å². The number of likely N-dealkylation sites (tertiary alicyclic amines) is 2. The van der Waals surface area contributed by atoms with Crippen LogP contribution in [0.25, 0.3) is 0 Å². The highest BCUT2D eigenvalue weighted by Gasteiger charge is 2.41. The molecule has 0 aromatic carbocycles. The molecule has 3 heterocycles. The van der Waals surface area contributed by atoms with Crippen LogP contribution < -0.4 is 0 Å². The molecule has 1 atom stereocenters. The molecule has 0 saturated carbocycles. The van der Waals surface area contributed by atoms with E-state index in [1.54, 1.807) is 18.0 Å². The van der Waals surface area contributed by atoms with Gasteiger partial charge in [0.25, 0.3) is 0 Å². The van der Waals surface area contributed by atoms with Gasteiger partial charge in [-0.25, -0.2) is 0 Å². The number of carbonyl (C=O) groups is 2. The van der Waals surface area contributed by atoms with Gasteiger partial charge in [-0.2, -0.15) is 0 Å². The Balaban J connectivity index is 1.54. The number of piperidine rings is 2. The van der Waals surface area contributed by atoms with Crippen molar-refractivity contribution < 1.29 is 9.59 Å². The van der Waals surface area contributed by atoms with Crippen molar-refractivity contribution in [2.45, 2.75) is 51.2 Å². The van der Waals surface area contributed by atoms with Gasteiger partial charge in [-0.3, -0.25) is 14.6 Å². The van der Waals surface area contributed by atoms with E-state index >= 15 is 0 Å². The van der Waals surface area contributed by atoms with E-state index < -0.39 is 0 Å². The highest BCUT2D eigenvalue weighted by molar-refractivity contribution is 8.00. The zero-order valence-electron chi connectivity index (χ0n) is 16.5. The third kappa shape index (κ3) is 5.03. The van der Waals surface area contributed by atoms with Crippen LogP contribution in [0, 0.1) is 5.41 Å². The van der Waals surface area contributed by atoms with Crippen molar-refractivity contribution in [2.24, 2.45) is 5.41 Å². The smallest absolute Gasteiger partial charge is 0.235 e. The van der Waals surface area contributed by atoms with Crippen LogP contribution in [-0.4, -0.2) is 63.8 Å². The molecule has 2 saturated heterocycles. The molecule has 6 heteroatoms. The lowest BCUT2D eigenvalue weighted by Gasteiger charge is -2.47.